The number of hydrogen-bond acceptors (Lipinski definition) is 4. The second-order valence-corrected chi connectivity index (χ2v) is 8.48. The summed E-state index contributed by atoms with van der Waals surface area (Å²) in [7, 11) is 0. The van der Waals surface area contributed by atoms with Gasteiger partial charge in [0.15, 0.2) is 6.61 Å². The third-order valence-electron chi connectivity index (χ3n) is 6.20. The minimum Gasteiger partial charge on any atom is -0.484 e. The van der Waals surface area contributed by atoms with Gasteiger partial charge in [0.2, 0.25) is 5.91 Å². The van der Waals surface area contributed by atoms with Gasteiger partial charge in [-0.15, -0.1) is 0 Å². The van der Waals surface area contributed by atoms with Gasteiger partial charge < -0.3 is 15.0 Å². The van der Waals surface area contributed by atoms with Gasteiger partial charge in [0.05, 0.1) is 0 Å². The van der Waals surface area contributed by atoms with E-state index in [2.05, 4.69) is 41.4 Å². The summed E-state index contributed by atoms with van der Waals surface area (Å²) in [6.45, 7) is 5.86. The van der Waals surface area contributed by atoms with E-state index >= 15 is 0 Å². The van der Waals surface area contributed by atoms with Crippen LogP contribution in [0.15, 0.2) is 48.5 Å². The minimum atomic E-state index is -0.0869. The Morgan fingerprint density at radius 2 is 1.81 bits per heavy atom. The van der Waals surface area contributed by atoms with Gasteiger partial charge in [-0.05, 0) is 61.6 Å². The highest BCUT2D eigenvalue weighted by atomic mass is 16.5. The highest BCUT2D eigenvalue weighted by molar-refractivity contribution is 5.95. The molecule has 0 aromatic heterocycles. The molecular weight excluding hydrogens is 390 g/mol. The van der Waals surface area contributed by atoms with Crippen LogP contribution in [0.2, 0.25) is 0 Å². The first kappa shape index (κ1) is 21.4. The zero-order chi connectivity index (χ0) is 21.6. The summed E-state index contributed by atoms with van der Waals surface area (Å²) in [4.78, 5) is 28.4. The van der Waals surface area contributed by atoms with Crippen LogP contribution in [0.3, 0.4) is 0 Å². The topological polar surface area (TPSA) is 61.9 Å². The lowest BCUT2D eigenvalue weighted by Gasteiger charge is -2.32. The van der Waals surface area contributed by atoms with Crippen LogP contribution in [0.5, 0.6) is 5.75 Å². The number of nitrogens with one attached hydrogen (secondary N) is 1. The molecule has 2 heterocycles. The fraction of sp³-hybridized carbons (Fsp3) is 0.440. The molecule has 2 amide bonds. The molecule has 2 saturated heterocycles. The van der Waals surface area contributed by atoms with Crippen LogP contribution >= 0.6 is 0 Å². The Labute approximate surface area is 184 Å². The summed E-state index contributed by atoms with van der Waals surface area (Å²) in [5.74, 6) is 0.716. The molecule has 2 aromatic rings. The molecule has 4 rings (SSSR count). The van der Waals surface area contributed by atoms with Crippen molar-refractivity contribution in [3.05, 3.63) is 59.7 Å². The Hall–Kier alpha value is -2.86. The average molecular weight is 422 g/mol. The fourth-order valence-corrected chi connectivity index (χ4v) is 4.33. The maximum absolute atomic E-state index is 12.3. The molecule has 0 radical (unpaired) electrons. The molecule has 0 unspecified atom stereocenters. The van der Waals surface area contributed by atoms with Crippen molar-refractivity contribution in [1.82, 2.24) is 10.2 Å². The van der Waals surface area contributed by atoms with Gasteiger partial charge >= 0.3 is 0 Å². The summed E-state index contributed by atoms with van der Waals surface area (Å²) in [5.41, 5.74) is 3.59. The zero-order valence-electron chi connectivity index (χ0n) is 18.2. The van der Waals surface area contributed by atoms with Crippen molar-refractivity contribution in [2.45, 2.75) is 45.2 Å². The number of amides is 2. The third kappa shape index (κ3) is 5.64. The maximum atomic E-state index is 12.3. The number of ether oxygens (including phenoxy) is 1. The first-order valence-corrected chi connectivity index (χ1v) is 11.2. The van der Waals surface area contributed by atoms with Crippen molar-refractivity contribution in [2.24, 2.45) is 0 Å². The molecule has 31 heavy (non-hydrogen) atoms. The Bertz CT molecular complexity index is 904. The molecule has 6 nitrogen and oxygen atoms in total. The Balaban J connectivity index is 1.18. The van der Waals surface area contributed by atoms with E-state index in [0.29, 0.717) is 12.2 Å². The van der Waals surface area contributed by atoms with E-state index < -0.39 is 0 Å². The number of piperidine rings is 1. The van der Waals surface area contributed by atoms with Crippen molar-refractivity contribution in [3.8, 4) is 5.75 Å². The van der Waals surface area contributed by atoms with Crippen LogP contribution in [0.1, 0.15) is 36.8 Å². The average Bonchev–Trinajstić information content (AvgIpc) is 3.21. The molecule has 0 atom stereocenters. The first-order valence-electron chi connectivity index (χ1n) is 11.2. The van der Waals surface area contributed by atoms with Crippen molar-refractivity contribution >= 4 is 17.5 Å². The van der Waals surface area contributed by atoms with Crippen LogP contribution in [0, 0.1) is 6.92 Å². The van der Waals surface area contributed by atoms with E-state index in [4.69, 9.17) is 4.74 Å². The highest BCUT2D eigenvalue weighted by Gasteiger charge is 2.22. The van der Waals surface area contributed by atoms with Gasteiger partial charge in [0.25, 0.3) is 5.91 Å². The third-order valence-corrected chi connectivity index (χ3v) is 6.20. The fourth-order valence-electron chi connectivity index (χ4n) is 4.33. The summed E-state index contributed by atoms with van der Waals surface area (Å²) in [5, 5.41) is 3.10. The van der Waals surface area contributed by atoms with Crippen LogP contribution in [-0.4, -0.2) is 49.0 Å². The molecule has 0 spiro atoms. The highest BCUT2D eigenvalue weighted by Crippen LogP contribution is 2.24. The van der Waals surface area contributed by atoms with Crippen LogP contribution in [-0.2, 0) is 16.1 Å². The predicted molar refractivity (Wildman–Crippen MR) is 121 cm³/mol. The number of anilines is 1. The van der Waals surface area contributed by atoms with Crippen molar-refractivity contribution < 1.29 is 14.3 Å². The van der Waals surface area contributed by atoms with Crippen LogP contribution in [0.4, 0.5) is 5.69 Å². The standard InChI is InChI=1S/C25H31N3O3/c1-19-5-2-3-6-20(19)17-27-15-12-21(13-16-27)26-24(29)18-31-23-10-8-22(9-11-23)28-14-4-7-25(28)30/h2-3,5-6,8-11,21H,4,7,12-18H2,1H3,(H,26,29). The summed E-state index contributed by atoms with van der Waals surface area (Å²) >= 11 is 0. The van der Waals surface area contributed by atoms with Gasteiger partial charge in [-0.2, -0.15) is 0 Å². The molecule has 0 bridgehead atoms. The Kier molecular flexibility index (Phi) is 6.87. The van der Waals surface area contributed by atoms with E-state index in [-0.39, 0.29) is 24.5 Å². The van der Waals surface area contributed by atoms with Crippen molar-refractivity contribution in [3.63, 3.8) is 0 Å². The molecule has 1 N–H and O–H groups in total. The number of rotatable bonds is 7. The van der Waals surface area contributed by atoms with Gasteiger partial charge in [-0.25, -0.2) is 0 Å². The molecule has 164 valence electrons. The number of likely N-dealkylation sites (tertiary alicyclic amines) is 1. The molecule has 6 heteroatoms. The van der Waals surface area contributed by atoms with Crippen molar-refractivity contribution in [1.29, 1.82) is 0 Å². The summed E-state index contributed by atoms with van der Waals surface area (Å²) < 4.78 is 5.64. The number of nitrogens with zero attached hydrogens (tertiary/aromatic N) is 2. The van der Waals surface area contributed by atoms with E-state index in [1.807, 2.05) is 24.3 Å². The largest absolute Gasteiger partial charge is 0.484 e. The van der Waals surface area contributed by atoms with E-state index in [1.165, 1.54) is 11.1 Å². The normalized spacial score (nSPS) is 17.7. The second kappa shape index (κ2) is 9.96. The monoisotopic (exact) mass is 421 g/mol. The predicted octanol–water partition coefficient (Wildman–Crippen LogP) is 3.28. The lowest BCUT2D eigenvalue weighted by atomic mass is 10.0. The van der Waals surface area contributed by atoms with E-state index in [0.717, 1.165) is 51.1 Å². The zero-order valence-corrected chi connectivity index (χ0v) is 18.2. The van der Waals surface area contributed by atoms with Gasteiger partial charge in [-0.1, -0.05) is 24.3 Å². The maximum Gasteiger partial charge on any atom is 0.258 e. The quantitative estimate of drug-likeness (QED) is 0.745. The van der Waals surface area contributed by atoms with E-state index in [9.17, 15) is 9.59 Å². The molecule has 0 saturated carbocycles. The Morgan fingerprint density at radius 1 is 1.06 bits per heavy atom. The molecule has 0 aliphatic carbocycles. The lowest BCUT2D eigenvalue weighted by molar-refractivity contribution is -0.124. The molecular formula is C25H31N3O3. The summed E-state index contributed by atoms with van der Waals surface area (Å²) in [6.07, 6.45) is 3.43. The molecule has 2 aliphatic rings. The molecule has 2 fully saturated rings. The van der Waals surface area contributed by atoms with Crippen LogP contribution in [0.25, 0.3) is 0 Å². The smallest absolute Gasteiger partial charge is 0.258 e. The number of carbonyl (C=O) groups is 2. The Morgan fingerprint density at radius 3 is 2.48 bits per heavy atom. The number of aryl methyl sites for hydroxylation is 1. The number of hydrogen-bond donors (Lipinski definition) is 1. The minimum absolute atomic E-state index is 0.00537. The summed E-state index contributed by atoms with van der Waals surface area (Å²) in [6, 6.07) is 16.1. The second-order valence-electron chi connectivity index (χ2n) is 8.48. The molecule has 2 aliphatic heterocycles. The lowest BCUT2D eigenvalue weighted by Crippen LogP contribution is -2.45. The van der Waals surface area contributed by atoms with Gasteiger partial charge in [0.1, 0.15) is 5.75 Å². The van der Waals surface area contributed by atoms with Gasteiger partial charge in [0, 0.05) is 44.3 Å². The van der Waals surface area contributed by atoms with Gasteiger partial charge in [-0.3, -0.25) is 14.5 Å². The molecule has 2 aromatic carbocycles. The van der Waals surface area contributed by atoms with E-state index in [1.54, 1.807) is 4.90 Å². The first-order chi connectivity index (χ1) is 15.1. The van der Waals surface area contributed by atoms with Crippen LogP contribution < -0.4 is 15.0 Å². The SMILES string of the molecule is Cc1ccccc1CN1CCC(NC(=O)COc2ccc(N3CCCC3=O)cc2)CC1. The number of carbonyl (C=O) groups excluding carboxylic acids is 2. The van der Waals surface area contributed by atoms with Crippen molar-refractivity contribution in [2.75, 3.05) is 31.1 Å². The number of benzene rings is 2.